The van der Waals surface area contributed by atoms with Crippen molar-refractivity contribution in [2.75, 3.05) is 25.0 Å². The molecule has 7 nitrogen and oxygen atoms in total. The van der Waals surface area contributed by atoms with Gasteiger partial charge in [0.25, 0.3) is 0 Å². The van der Waals surface area contributed by atoms with Gasteiger partial charge in [-0.3, -0.25) is 0 Å². The summed E-state index contributed by atoms with van der Waals surface area (Å²) in [6.07, 6.45) is 4.09. The second-order valence-corrected chi connectivity index (χ2v) is 5.13. The lowest BCUT2D eigenvalue weighted by Crippen LogP contribution is -2.41. The molecule has 3 N–H and O–H groups in total. The number of fused-ring (bicyclic) bond motifs is 1. The largest absolute Gasteiger partial charge is 0.493 e. The minimum atomic E-state index is -0.192. The number of hydrogen-bond donors (Lipinski definition) is 3. The lowest BCUT2D eigenvalue weighted by Gasteiger charge is -2.26. The van der Waals surface area contributed by atoms with E-state index in [4.69, 9.17) is 4.74 Å². The summed E-state index contributed by atoms with van der Waals surface area (Å²) >= 11 is 0. The van der Waals surface area contributed by atoms with Gasteiger partial charge in [-0.25, -0.2) is 14.8 Å². The number of nitrogens with zero attached hydrogens (tertiary/aromatic N) is 2. The van der Waals surface area contributed by atoms with Crippen molar-refractivity contribution in [2.45, 2.75) is 12.5 Å². The van der Waals surface area contributed by atoms with E-state index < -0.39 is 0 Å². The van der Waals surface area contributed by atoms with E-state index in [2.05, 4.69) is 25.9 Å². The summed E-state index contributed by atoms with van der Waals surface area (Å²) in [6, 6.07) is 9.32. The number of aromatic nitrogens is 2. The molecule has 0 bridgehead atoms. The van der Waals surface area contributed by atoms with Crippen molar-refractivity contribution in [3.63, 3.8) is 0 Å². The summed E-state index contributed by atoms with van der Waals surface area (Å²) in [6.45, 7) is 1.64. The monoisotopic (exact) mass is 313 g/mol. The van der Waals surface area contributed by atoms with Gasteiger partial charge in [0.1, 0.15) is 5.75 Å². The van der Waals surface area contributed by atoms with Crippen molar-refractivity contribution in [3.05, 3.63) is 48.3 Å². The van der Waals surface area contributed by atoms with Crippen LogP contribution in [0.2, 0.25) is 0 Å². The number of benzene rings is 1. The van der Waals surface area contributed by atoms with E-state index >= 15 is 0 Å². The van der Waals surface area contributed by atoms with Gasteiger partial charge >= 0.3 is 6.03 Å². The highest BCUT2D eigenvalue weighted by Crippen LogP contribution is 2.31. The Morgan fingerprint density at radius 3 is 2.87 bits per heavy atom. The first kappa shape index (κ1) is 15.1. The van der Waals surface area contributed by atoms with Crippen LogP contribution in [0, 0.1) is 0 Å². The van der Waals surface area contributed by atoms with Gasteiger partial charge in [-0.15, -0.1) is 0 Å². The number of ether oxygens (including phenoxy) is 1. The fraction of sp³-hybridized carbons (Fsp3) is 0.312. The van der Waals surface area contributed by atoms with Gasteiger partial charge in [0, 0.05) is 37.5 Å². The molecule has 2 aromatic rings. The van der Waals surface area contributed by atoms with Crippen LogP contribution in [0.5, 0.6) is 5.75 Å². The summed E-state index contributed by atoms with van der Waals surface area (Å²) < 4.78 is 5.59. The molecule has 2 amide bonds. The zero-order chi connectivity index (χ0) is 15.9. The first-order valence-electron chi connectivity index (χ1n) is 7.60. The minimum absolute atomic E-state index is 0.0228. The molecular formula is C16H19N5O2. The smallest absolute Gasteiger partial charge is 0.315 e. The molecule has 1 aromatic carbocycles. The van der Waals surface area contributed by atoms with Crippen molar-refractivity contribution in [2.24, 2.45) is 0 Å². The van der Waals surface area contributed by atoms with Gasteiger partial charge < -0.3 is 20.7 Å². The van der Waals surface area contributed by atoms with E-state index in [1.807, 2.05) is 24.3 Å². The summed E-state index contributed by atoms with van der Waals surface area (Å²) in [5.74, 6) is 1.39. The van der Waals surface area contributed by atoms with Crippen molar-refractivity contribution in [1.82, 2.24) is 20.6 Å². The Morgan fingerprint density at radius 2 is 2.00 bits per heavy atom. The van der Waals surface area contributed by atoms with Crippen LogP contribution in [0.4, 0.5) is 10.7 Å². The van der Waals surface area contributed by atoms with Crippen LogP contribution < -0.4 is 20.7 Å². The number of anilines is 1. The third-order valence-corrected chi connectivity index (χ3v) is 3.52. The molecule has 120 valence electrons. The Labute approximate surface area is 134 Å². The van der Waals surface area contributed by atoms with Crippen molar-refractivity contribution >= 4 is 12.0 Å². The Kier molecular flexibility index (Phi) is 4.88. The fourth-order valence-electron chi connectivity index (χ4n) is 2.44. The van der Waals surface area contributed by atoms with Gasteiger partial charge in [-0.05, 0) is 12.1 Å². The predicted octanol–water partition coefficient (Wildman–Crippen LogP) is 1.71. The number of nitrogens with one attached hydrogen (secondary N) is 3. The fourth-order valence-corrected chi connectivity index (χ4v) is 2.44. The summed E-state index contributed by atoms with van der Waals surface area (Å²) in [4.78, 5) is 20.1. The second-order valence-electron chi connectivity index (χ2n) is 5.13. The van der Waals surface area contributed by atoms with Gasteiger partial charge in [0.15, 0.2) is 0 Å². The van der Waals surface area contributed by atoms with Crippen LogP contribution >= 0.6 is 0 Å². The molecule has 2 heterocycles. The standard InChI is InChI=1S/C16H19N5O2/c22-16(20-10-9-19-15-17-7-3-8-18-15)21-13-6-11-23-14-5-2-1-4-12(13)14/h1-5,7-8,13H,6,9-11H2,(H,17,18,19)(H2,20,21,22)/t13-/m0/s1. The van der Waals surface area contributed by atoms with Crippen LogP contribution in [0.25, 0.3) is 0 Å². The molecule has 0 radical (unpaired) electrons. The molecule has 1 aliphatic rings. The van der Waals surface area contributed by atoms with Gasteiger partial charge in [0.2, 0.25) is 5.95 Å². The molecule has 23 heavy (non-hydrogen) atoms. The Morgan fingerprint density at radius 1 is 1.17 bits per heavy atom. The maximum absolute atomic E-state index is 12.0. The zero-order valence-corrected chi connectivity index (χ0v) is 12.7. The molecule has 0 saturated carbocycles. The molecule has 3 rings (SSSR count). The predicted molar refractivity (Wildman–Crippen MR) is 86.4 cm³/mol. The van der Waals surface area contributed by atoms with E-state index in [1.165, 1.54) is 0 Å². The van der Waals surface area contributed by atoms with Crippen LogP contribution in [-0.4, -0.2) is 35.7 Å². The zero-order valence-electron chi connectivity index (χ0n) is 12.7. The first-order valence-corrected chi connectivity index (χ1v) is 7.60. The highest BCUT2D eigenvalue weighted by molar-refractivity contribution is 5.74. The molecule has 0 fully saturated rings. The molecule has 7 heteroatoms. The third-order valence-electron chi connectivity index (χ3n) is 3.52. The highest BCUT2D eigenvalue weighted by Gasteiger charge is 2.22. The van der Waals surface area contributed by atoms with E-state index in [-0.39, 0.29) is 12.1 Å². The molecule has 1 aliphatic heterocycles. The molecule has 0 unspecified atom stereocenters. The number of carbonyl (C=O) groups excluding carboxylic acids is 1. The number of para-hydroxylation sites is 1. The normalized spacial score (nSPS) is 15.9. The lowest BCUT2D eigenvalue weighted by atomic mass is 10.0. The SMILES string of the molecule is O=C(NCCNc1ncccn1)N[C@H]1CCOc2ccccc21. The number of urea groups is 1. The van der Waals surface area contributed by atoms with Crippen LogP contribution in [0.1, 0.15) is 18.0 Å². The molecular weight excluding hydrogens is 294 g/mol. The van der Waals surface area contributed by atoms with Crippen molar-refractivity contribution < 1.29 is 9.53 Å². The van der Waals surface area contributed by atoms with Gasteiger partial charge in [0.05, 0.1) is 12.6 Å². The second kappa shape index (κ2) is 7.44. The number of amides is 2. The lowest BCUT2D eigenvalue weighted by molar-refractivity contribution is 0.223. The van der Waals surface area contributed by atoms with Crippen LogP contribution in [-0.2, 0) is 0 Å². The summed E-state index contributed by atoms with van der Waals surface area (Å²) in [5, 5.41) is 8.84. The molecule has 0 aliphatic carbocycles. The molecule has 1 aromatic heterocycles. The van der Waals surface area contributed by atoms with E-state index in [1.54, 1.807) is 18.5 Å². The topological polar surface area (TPSA) is 88.2 Å². The maximum atomic E-state index is 12.0. The van der Waals surface area contributed by atoms with E-state index in [0.29, 0.717) is 25.6 Å². The van der Waals surface area contributed by atoms with Crippen molar-refractivity contribution in [1.29, 1.82) is 0 Å². The Bertz CT molecular complexity index is 650. The number of rotatable bonds is 5. The molecule has 0 saturated heterocycles. The Balaban J connectivity index is 1.43. The number of hydrogen-bond acceptors (Lipinski definition) is 5. The summed E-state index contributed by atoms with van der Waals surface area (Å²) in [7, 11) is 0. The van der Waals surface area contributed by atoms with Gasteiger partial charge in [-0.2, -0.15) is 0 Å². The quantitative estimate of drug-likeness (QED) is 0.731. The van der Waals surface area contributed by atoms with Crippen LogP contribution in [0.3, 0.4) is 0 Å². The Hall–Kier alpha value is -2.83. The maximum Gasteiger partial charge on any atom is 0.315 e. The van der Waals surface area contributed by atoms with E-state index in [9.17, 15) is 4.79 Å². The molecule has 0 spiro atoms. The average Bonchev–Trinajstić information content (AvgIpc) is 2.60. The minimum Gasteiger partial charge on any atom is -0.493 e. The summed E-state index contributed by atoms with van der Waals surface area (Å²) in [5.41, 5.74) is 1.02. The average molecular weight is 313 g/mol. The molecule has 1 atom stereocenters. The number of carbonyl (C=O) groups is 1. The van der Waals surface area contributed by atoms with Gasteiger partial charge in [-0.1, -0.05) is 18.2 Å². The van der Waals surface area contributed by atoms with Crippen molar-refractivity contribution in [3.8, 4) is 5.75 Å². The third kappa shape index (κ3) is 4.09. The van der Waals surface area contributed by atoms with E-state index in [0.717, 1.165) is 17.7 Å². The highest BCUT2D eigenvalue weighted by atomic mass is 16.5. The first-order chi connectivity index (χ1) is 11.3. The van der Waals surface area contributed by atoms with Crippen LogP contribution in [0.15, 0.2) is 42.7 Å².